The van der Waals surface area contributed by atoms with Crippen molar-refractivity contribution in [2.45, 2.75) is 0 Å². The molecule has 0 bridgehead atoms. The van der Waals surface area contributed by atoms with E-state index < -0.39 is 0 Å². The number of hydrogen-bond acceptors (Lipinski definition) is 3. The lowest BCUT2D eigenvalue weighted by molar-refractivity contribution is 0.103. The quantitative estimate of drug-likeness (QED) is 0.115. The largest absolute Gasteiger partial charge is 0.309 e. The zero-order chi connectivity index (χ0) is 56.1. The molecule has 0 atom stereocenters. The van der Waals surface area contributed by atoms with E-state index in [4.69, 9.17) is 4.98 Å². The summed E-state index contributed by atoms with van der Waals surface area (Å²) in [4.78, 5) is 33.3. The van der Waals surface area contributed by atoms with Crippen molar-refractivity contribution in [3.05, 3.63) is 332 Å². The fourth-order valence-electron chi connectivity index (χ4n) is 12.3. The van der Waals surface area contributed by atoms with Crippen LogP contribution in [0.5, 0.6) is 0 Å². The maximum atomic E-state index is 13.6. The molecule has 5 heteroatoms. The number of aromatic nitrogens is 3. The molecule has 0 aliphatic carbocycles. The first-order chi connectivity index (χ1) is 41.5. The highest BCUT2D eigenvalue weighted by atomic mass is 16.1. The number of nitrogens with zero attached hydrogens (tertiary/aromatic N) is 3. The zero-order valence-electron chi connectivity index (χ0n) is 45.6. The van der Waals surface area contributed by atoms with Crippen LogP contribution >= 0.6 is 0 Å². The topological polar surface area (TPSA) is 56.9 Å². The monoisotopic (exact) mass is 1070 g/mol. The molecular weight excluding hydrogens is 1020 g/mol. The van der Waals surface area contributed by atoms with Crippen LogP contribution in [0.4, 0.5) is 0 Å². The molecule has 12 aromatic carbocycles. The molecule has 394 valence electrons. The summed E-state index contributed by atoms with van der Waals surface area (Å²) in [6.45, 7) is 0. The first-order valence-corrected chi connectivity index (χ1v) is 28.3. The number of hydrogen-bond donors (Lipinski definition) is 0. The van der Waals surface area contributed by atoms with E-state index in [2.05, 4.69) is 209 Å². The smallest absolute Gasteiger partial charge is 0.193 e. The van der Waals surface area contributed by atoms with Gasteiger partial charge in [-0.25, -0.2) is 4.98 Å². The summed E-state index contributed by atoms with van der Waals surface area (Å²) in [7, 11) is 0. The predicted molar refractivity (Wildman–Crippen MR) is 345 cm³/mol. The van der Waals surface area contributed by atoms with Crippen LogP contribution in [-0.4, -0.2) is 25.7 Å². The van der Waals surface area contributed by atoms with Crippen LogP contribution in [0.1, 0.15) is 31.8 Å². The molecule has 0 radical (unpaired) electrons. The standard InChI is InChI=1S/C79H51N3O2/c83-78(54-21-3-1-4-22-54)56-45-41-52(42-46-56)58-25-19-27-60(49-58)68-51-69(66-33-11-17-39-74(66)81-70-35-13-7-29-62(70)63-30-8-14-36-71(63)81)76(61-28-20-26-59(50-61)53-43-47-57(48-44-53)79(84)55-23-5-2-6-24-55)80-77(68)67-34-12-18-40-75(67)82-72-37-15-9-31-64(72)65-32-10-16-38-73(65)82/h1-51H. The summed E-state index contributed by atoms with van der Waals surface area (Å²) in [6, 6.07) is 106. The van der Waals surface area contributed by atoms with Gasteiger partial charge in [0.25, 0.3) is 0 Å². The lowest BCUT2D eigenvalue weighted by atomic mass is 9.89. The molecule has 0 unspecified atom stereocenters. The van der Waals surface area contributed by atoms with Crippen molar-refractivity contribution in [2.75, 3.05) is 0 Å². The Balaban J connectivity index is 0.986. The van der Waals surface area contributed by atoms with Crippen molar-refractivity contribution in [2.24, 2.45) is 0 Å². The van der Waals surface area contributed by atoms with Gasteiger partial charge in [0.05, 0.1) is 44.8 Å². The summed E-state index contributed by atoms with van der Waals surface area (Å²) < 4.78 is 4.79. The third kappa shape index (κ3) is 8.71. The van der Waals surface area contributed by atoms with Gasteiger partial charge >= 0.3 is 0 Å². The molecule has 84 heavy (non-hydrogen) atoms. The van der Waals surface area contributed by atoms with Gasteiger partial charge in [-0.3, -0.25) is 9.59 Å². The van der Waals surface area contributed by atoms with Crippen LogP contribution in [0.25, 0.3) is 122 Å². The molecular formula is C79H51N3O2. The van der Waals surface area contributed by atoms with E-state index in [-0.39, 0.29) is 11.6 Å². The van der Waals surface area contributed by atoms with Crippen LogP contribution in [-0.2, 0) is 0 Å². The second kappa shape index (κ2) is 21.0. The first-order valence-electron chi connectivity index (χ1n) is 28.3. The number of fused-ring (bicyclic) bond motifs is 6. The van der Waals surface area contributed by atoms with E-state index in [1.165, 1.54) is 21.5 Å². The maximum Gasteiger partial charge on any atom is 0.193 e. The van der Waals surface area contributed by atoms with E-state index in [0.717, 1.165) is 100 Å². The molecule has 0 saturated heterocycles. The minimum atomic E-state index is -0.0146. The predicted octanol–water partition coefficient (Wildman–Crippen LogP) is 19.7. The maximum absolute atomic E-state index is 13.6. The highest BCUT2D eigenvalue weighted by Gasteiger charge is 2.25. The molecule has 15 rings (SSSR count). The summed E-state index contributed by atoms with van der Waals surface area (Å²) in [6.07, 6.45) is 0. The van der Waals surface area contributed by atoms with Crippen molar-refractivity contribution in [1.82, 2.24) is 14.1 Å². The van der Waals surface area contributed by atoms with Gasteiger partial charge < -0.3 is 9.13 Å². The lowest BCUT2D eigenvalue weighted by Crippen LogP contribution is -2.03. The highest BCUT2D eigenvalue weighted by molar-refractivity contribution is 6.13. The Hall–Kier alpha value is -11.3. The minimum Gasteiger partial charge on any atom is -0.309 e. The number of rotatable bonds is 12. The Morgan fingerprint density at radius 3 is 1.07 bits per heavy atom. The third-order valence-corrected chi connectivity index (χ3v) is 16.4. The lowest BCUT2D eigenvalue weighted by Gasteiger charge is -2.22. The number of para-hydroxylation sites is 6. The molecule has 0 N–H and O–H groups in total. The second-order valence-electron chi connectivity index (χ2n) is 21.3. The number of benzene rings is 12. The summed E-state index contributed by atoms with van der Waals surface area (Å²) in [5.41, 5.74) is 20.4. The van der Waals surface area contributed by atoms with Crippen LogP contribution in [0.2, 0.25) is 0 Å². The van der Waals surface area contributed by atoms with Gasteiger partial charge in [0.15, 0.2) is 11.6 Å². The fourth-order valence-corrected chi connectivity index (χ4v) is 12.3. The van der Waals surface area contributed by atoms with E-state index in [1.807, 2.05) is 109 Å². The molecule has 0 fully saturated rings. The Bertz CT molecular complexity index is 4610. The number of pyridine rings is 1. The summed E-state index contributed by atoms with van der Waals surface area (Å²) in [5.74, 6) is -0.0275. The molecule has 0 aliphatic heterocycles. The summed E-state index contributed by atoms with van der Waals surface area (Å²) in [5, 5.41) is 4.70. The van der Waals surface area contributed by atoms with Gasteiger partial charge in [-0.15, -0.1) is 0 Å². The van der Waals surface area contributed by atoms with Crippen LogP contribution < -0.4 is 0 Å². The van der Waals surface area contributed by atoms with Gasteiger partial charge in [-0.1, -0.05) is 255 Å². The van der Waals surface area contributed by atoms with Crippen LogP contribution in [0.3, 0.4) is 0 Å². The zero-order valence-corrected chi connectivity index (χ0v) is 45.6. The first kappa shape index (κ1) is 49.7. The average molecular weight is 1070 g/mol. The second-order valence-corrected chi connectivity index (χ2v) is 21.3. The Labute approximate surface area is 486 Å². The van der Waals surface area contributed by atoms with Crippen molar-refractivity contribution in [1.29, 1.82) is 0 Å². The van der Waals surface area contributed by atoms with E-state index in [0.29, 0.717) is 22.3 Å². The van der Waals surface area contributed by atoms with Gasteiger partial charge in [0, 0.05) is 71.6 Å². The van der Waals surface area contributed by atoms with Crippen molar-refractivity contribution in [3.8, 4) is 78.4 Å². The molecule has 3 heterocycles. The average Bonchev–Trinajstić information content (AvgIpc) is 2.83. The molecule has 5 nitrogen and oxygen atoms in total. The highest BCUT2D eigenvalue weighted by Crippen LogP contribution is 2.46. The number of carbonyl (C=O) groups excluding carboxylic acids is 2. The van der Waals surface area contributed by atoms with Gasteiger partial charge in [-0.05, 0) is 82.4 Å². The number of ketones is 2. The molecule has 0 spiro atoms. The van der Waals surface area contributed by atoms with Gasteiger partial charge in [-0.2, -0.15) is 0 Å². The normalized spacial score (nSPS) is 11.4. The molecule has 3 aromatic heterocycles. The van der Waals surface area contributed by atoms with Crippen molar-refractivity contribution in [3.63, 3.8) is 0 Å². The summed E-state index contributed by atoms with van der Waals surface area (Å²) >= 11 is 0. The number of carbonyl (C=O) groups is 2. The van der Waals surface area contributed by atoms with Gasteiger partial charge in [0.1, 0.15) is 0 Å². The van der Waals surface area contributed by atoms with E-state index in [1.54, 1.807) is 0 Å². The van der Waals surface area contributed by atoms with Crippen molar-refractivity contribution < 1.29 is 9.59 Å². The Morgan fingerprint density at radius 1 is 0.238 bits per heavy atom. The van der Waals surface area contributed by atoms with E-state index in [9.17, 15) is 9.59 Å². The van der Waals surface area contributed by atoms with Gasteiger partial charge in [0.2, 0.25) is 0 Å². The molecule has 0 aliphatic rings. The Morgan fingerprint density at radius 2 is 0.595 bits per heavy atom. The SMILES string of the molecule is O=C(c1ccccc1)c1ccc(-c2cccc(-c3cc(-c4ccccc4-n4c5ccccc5c5ccccc54)c(-c4cccc(-c5ccc(C(=O)c6ccccc6)cc5)c4)nc3-c3ccccc3-n3c4ccccc4c4ccccc43)c2)cc1. The Kier molecular flexibility index (Phi) is 12.4. The third-order valence-electron chi connectivity index (χ3n) is 16.4. The fraction of sp³-hybridized carbons (Fsp3) is 0. The minimum absolute atomic E-state index is 0.0129. The molecule has 0 amide bonds. The van der Waals surface area contributed by atoms with Crippen LogP contribution in [0, 0.1) is 0 Å². The molecule has 0 saturated carbocycles. The molecule has 15 aromatic rings. The van der Waals surface area contributed by atoms with Crippen LogP contribution in [0.15, 0.2) is 309 Å². The van der Waals surface area contributed by atoms with E-state index >= 15 is 0 Å². The van der Waals surface area contributed by atoms with Crippen molar-refractivity contribution >= 4 is 55.2 Å².